The highest BCUT2D eigenvalue weighted by atomic mass is 19.1. The Bertz CT molecular complexity index is 624. The molecule has 0 atom stereocenters. The molecule has 0 nitrogen and oxygen atoms in total. The second-order valence-corrected chi connectivity index (χ2v) is 7.39. The van der Waals surface area contributed by atoms with Crippen LogP contribution in [0.3, 0.4) is 0 Å². The number of aryl methyl sites for hydroxylation is 1. The molecule has 0 bridgehead atoms. The largest absolute Gasteiger partial charge is 0.206 e. The minimum absolute atomic E-state index is 0.0923. The van der Waals surface area contributed by atoms with Gasteiger partial charge in [-0.1, -0.05) is 87.9 Å². The third-order valence-electron chi connectivity index (χ3n) is 5.62. The predicted octanol–water partition coefficient (Wildman–Crippen LogP) is 7.03. The van der Waals surface area contributed by atoms with Crippen LogP contribution in [0.5, 0.6) is 0 Å². The van der Waals surface area contributed by atoms with E-state index in [2.05, 4.69) is 13.0 Å². The first-order valence-corrected chi connectivity index (χ1v) is 9.60. The van der Waals surface area contributed by atoms with Gasteiger partial charge in [-0.15, -0.1) is 0 Å². The van der Waals surface area contributed by atoms with Gasteiger partial charge in [0.05, 0.1) is 0 Å². The quantitative estimate of drug-likeness (QED) is 0.535. The van der Waals surface area contributed by atoms with Gasteiger partial charge in [0.1, 0.15) is 5.82 Å². The van der Waals surface area contributed by atoms with Crippen LogP contribution in [0.4, 0.5) is 4.39 Å². The summed E-state index contributed by atoms with van der Waals surface area (Å²) in [5.41, 5.74) is 2.80. The van der Waals surface area contributed by atoms with Crippen LogP contribution in [0.25, 0.3) is 11.1 Å². The van der Waals surface area contributed by atoms with Crippen LogP contribution in [0, 0.1) is 17.7 Å². The minimum Gasteiger partial charge on any atom is -0.206 e. The van der Waals surface area contributed by atoms with Crippen LogP contribution in [0.2, 0.25) is 0 Å². The molecule has 2 aromatic rings. The van der Waals surface area contributed by atoms with Crippen molar-refractivity contribution in [1.29, 1.82) is 0 Å². The van der Waals surface area contributed by atoms with E-state index in [0.29, 0.717) is 5.56 Å². The molecular weight excluding hydrogens is 295 g/mol. The number of benzene rings is 2. The standard InChI is InChI=1S/C23H29F/c1-2-6-18-9-11-19(12-10-18)13-14-20-15-16-22(23(24)17-20)21-7-4-3-5-8-21/h3-5,7-8,15-19H,2,6,9-14H2,1H3. The molecule has 2 aromatic carbocycles. The van der Waals surface area contributed by atoms with E-state index in [1.54, 1.807) is 6.07 Å². The molecule has 3 rings (SSSR count). The molecule has 0 N–H and O–H groups in total. The predicted molar refractivity (Wildman–Crippen MR) is 101 cm³/mol. The second kappa shape index (κ2) is 8.46. The highest BCUT2D eigenvalue weighted by molar-refractivity contribution is 5.64. The van der Waals surface area contributed by atoms with Crippen molar-refractivity contribution in [3.63, 3.8) is 0 Å². The van der Waals surface area contributed by atoms with E-state index < -0.39 is 0 Å². The first-order chi connectivity index (χ1) is 11.8. The Balaban J connectivity index is 1.54. The Kier molecular flexibility index (Phi) is 6.07. The van der Waals surface area contributed by atoms with E-state index in [0.717, 1.165) is 29.4 Å². The van der Waals surface area contributed by atoms with E-state index in [4.69, 9.17) is 0 Å². The Hall–Kier alpha value is -1.63. The average molecular weight is 324 g/mol. The van der Waals surface area contributed by atoms with E-state index >= 15 is 0 Å². The third kappa shape index (κ3) is 4.47. The van der Waals surface area contributed by atoms with Crippen LogP contribution in [0.1, 0.15) is 57.4 Å². The average Bonchev–Trinajstić information content (AvgIpc) is 2.62. The molecule has 1 aliphatic carbocycles. The number of hydrogen-bond acceptors (Lipinski definition) is 0. The highest BCUT2D eigenvalue weighted by Gasteiger charge is 2.20. The minimum atomic E-state index is -0.0923. The zero-order valence-corrected chi connectivity index (χ0v) is 14.8. The van der Waals surface area contributed by atoms with Crippen molar-refractivity contribution < 1.29 is 4.39 Å². The SMILES string of the molecule is CCCC1CCC(CCc2ccc(-c3ccccc3)c(F)c2)CC1. The smallest absolute Gasteiger partial charge is 0.131 e. The van der Waals surface area contributed by atoms with E-state index in [9.17, 15) is 4.39 Å². The molecule has 0 heterocycles. The number of hydrogen-bond donors (Lipinski definition) is 0. The van der Waals surface area contributed by atoms with Crippen molar-refractivity contribution in [1.82, 2.24) is 0 Å². The summed E-state index contributed by atoms with van der Waals surface area (Å²) in [6.07, 6.45) is 10.5. The van der Waals surface area contributed by atoms with Crippen molar-refractivity contribution in [2.24, 2.45) is 11.8 Å². The normalized spacial score (nSPS) is 20.9. The fourth-order valence-corrected chi connectivity index (χ4v) is 4.15. The van der Waals surface area contributed by atoms with Crippen molar-refractivity contribution >= 4 is 0 Å². The molecule has 1 fully saturated rings. The van der Waals surface area contributed by atoms with E-state index in [1.165, 1.54) is 44.9 Å². The molecule has 0 saturated heterocycles. The monoisotopic (exact) mass is 324 g/mol. The molecule has 1 heteroatoms. The van der Waals surface area contributed by atoms with Crippen LogP contribution >= 0.6 is 0 Å². The van der Waals surface area contributed by atoms with Gasteiger partial charge >= 0.3 is 0 Å². The second-order valence-electron chi connectivity index (χ2n) is 7.39. The van der Waals surface area contributed by atoms with Crippen LogP contribution in [-0.4, -0.2) is 0 Å². The summed E-state index contributed by atoms with van der Waals surface area (Å²) >= 11 is 0. The molecule has 0 amide bonds. The third-order valence-corrected chi connectivity index (χ3v) is 5.62. The van der Waals surface area contributed by atoms with Crippen molar-refractivity contribution in [2.45, 2.75) is 58.3 Å². The van der Waals surface area contributed by atoms with Gasteiger partial charge in [0.15, 0.2) is 0 Å². The summed E-state index contributed by atoms with van der Waals surface area (Å²) in [4.78, 5) is 0. The summed E-state index contributed by atoms with van der Waals surface area (Å²) in [5, 5.41) is 0. The zero-order valence-electron chi connectivity index (χ0n) is 14.8. The summed E-state index contributed by atoms with van der Waals surface area (Å²) in [6, 6.07) is 15.6. The fourth-order valence-electron chi connectivity index (χ4n) is 4.15. The van der Waals surface area contributed by atoms with Gasteiger partial charge < -0.3 is 0 Å². The van der Waals surface area contributed by atoms with Crippen molar-refractivity contribution in [2.75, 3.05) is 0 Å². The first-order valence-electron chi connectivity index (χ1n) is 9.60. The van der Waals surface area contributed by atoms with Crippen LogP contribution in [0.15, 0.2) is 48.5 Å². The molecule has 1 aliphatic rings. The van der Waals surface area contributed by atoms with Crippen LogP contribution in [-0.2, 0) is 6.42 Å². The summed E-state index contributed by atoms with van der Waals surface area (Å²) in [7, 11) is 0. The molecular formula is C23H29F. The van der Waals surface area contributed by atoms with Gasteiger partial charge in [0.25, 0.3) is 0 Å². The maximum absolute atomic E-state index is 14.4. The summed E-state index contributed by atoms with van der Waals surface area (Å²) in [5.74, 6) is 1.72. The first kappa shape index (κ1) is 17.2. The maximum Gasteiger partial charge on any atom is 0.131 e. The van der Waals surface area contributed by atoms with Crippen LogP contribution < -0.4 is 0 Å². The van der Waals surface area contributed by atoms with Gasteiger partial charge in [-0.05, 0) is 41.9 Å². The molecule has 0 aromatic heterocycles. The Labute approximate surface area is 146 Å². The highest BCUT2D eigenvalue weighted by Crippen LogP contribution is 2.34. The summed E-state index contributed by atoms with van der Waals surface area (Å²) < 4.78 is 14.4. The van der Waals surface area contributed by atoms with Gasteiger partial charge in [-0.25, -0.2) is 4.39 Å². The molecule has 0 spiro atoms. The molecule has 128 valence electrons. The van der Waals surface area contributed by atoms with E-state index in [1.807, 2.05) is 36.4 Å². The lowest BCUT2D eigenvalue weighted by Crippen LogP contribution is -2.15. The summed E-state index contributed by atoms with van der Waals surface area (Å²) in [6.45, 7) is 2.29. The maximum atomic E-state index is 14.4. The Morgan fingerprint density at radius 3 is 2.17 bits per heavy atom. The number of rotatable bonds is 6. The molecule has 1 saturated carbocycles. The Morgan fingerprint density at radius 2 is 1.54 bits per heavy atom. The van der Waals surface area contributed by atoms with E-state index in [-0.39, 0.29) is 5.82 Å². The van der Waals surface area contributed by atoms with Gasteiger partial charge in [-0.2, -0.15) is 0 Å². The van der Waals surface area contributed by atoms with Gasteiger partial charge in [0.2, 0.25) is 0 Å². The lowest BCUT2D eigenvalue weighted by atomic mass is 9.78. The van der Waals surface area contributed by atoms with Gasteiger partial charge in [-0.3, -0.25) is 0 Å². The van der Waals surface area contributed by atoms with Crippen molar-refractivity contribution in [3.05, 3.63) is 59.9 Å². The zero-order chi connectivity index (χ0) is 16.8. The van der Waals surface area contributed by atoms with Crippen molar-refractivity contribution in [3.8, 4) is 11.1 Å². The topological polar surface area (TPSA) is 0 Å². The molecule has 0 aliphatic heterocycles. The lowest BCUT2D eigenvalue weighted by Gasteiger charge is -2.28. The molecule has 24 heavy (non-hydrogen) atoms. The Morgan fingerprint density at radius 1 is 0.875 bits per heavy atom. The van der Waals surface area contributed by atoms with Gasteiger partial charge in [0, 0.05) is 5.56 Å². The number of halogens is 1. The molecule has 0 radical (unpaired) electrons. The molecule has 0 unspecified atom stereocenters. The lowest BCUT2D eigenvalue weighted by molar-refractivity contribution is 0.252. The fraction of sp³-hybridized carbons (Fsp3) is 0.478.